The van der Waals surface area contributed by atoms with Crippen LogP contribution >= 0.6 is 15.9 Å². The van der Waals surface area contributed by atoms with Gasteiger partial charge in [-0.3, -0.25) is 29.0 Å². The Hall–Kier alpha value is -5.11. The first-order chi connectivity index (χ1) is 27.2. The van der Waals surface area contributed by atoms with Gasteiger partial charge in [-0.05, 0) is 62.8 Å². The highest BCUT2D eigenvalue weighted by molar-refractivity contribution is 9.09. The van der Waals surface area contributed by atoms with Gasteiger partial charge in [0.2, 0.25) is 33.7 Å². The van der Waals surface area contributed by atoms with Crippen LogP contribution < -0.4 is 48.1 Å². The zero-order valence-corrected chi connectivity index (χ0v) is 34.5. The molecule has 0 bridgehead atoms. The van der Waals surface area contributed by atoms with Crippen LogP contribution in [0.4, 0.5) is 5.69 Å². The number of hydrogen-bond acceptors (Lipinski definition) is 10. The summed E-state index contributed by atoms with van der Waals surface area (Å²) >= 11 is 3.03. The third-order valence-corrected chi connectivity index (χ3v) is 10.9. The minimum Gasteiger partial charge on any atom is -0.377 e. The number of carbonyl (C=O) groups is 5. The number of ketones is 1. The molecular formula is C38H53BrN10O7S. The number of sulfonamides is 1. The Labute approximate surface area is 341 Å². The smallest absolute Gasteiger partial charge is 0.243 e. The van der Waals surface area contributed by atoms with E-state index in [-0.39, 0.29) is 54.3 Å². The standard InChI is InChI=1S/C38H53BrN10O7S/c1-49(2)32-17-8-14-28-27(32)13-9-18-33(28)57(55,56)48-31(21-25-11-4-3-5-12-25)37(54)47-30(15-6-7-19-40)36(53)45-24-34(51)46-29(16-10-20-43-38(41)42)35(52)44-23-26(50)22-39/h3-5,8-9,11-14,17-18,29-31,48H,6-7,10,15-16,19-24,40H2,1-2H3,(H,44,52)(H,45,53)(H,46,51)(H,47,54)(H4,41,42,43)/t29-,30-,31-/m0/s1. The first-order valence-corrected chi connectivity index (χ1v) is 21.0. The topological polar surface area (TPSA) is 273 Å². The van der Waals surface area contributed by atoms with Gasteiger partial charge >= 0.3 is 0 Å². The Morgan fingerprint density at radius 1 is 0.754 bits per heavy atom. The van der Waals surface area contributed by atoms with Gasteiger partial charge in [0.25, 0.3) is 0 Å². The predicted octanol–water partition coefficient (Wildman–Crippen LogP) is 0.144. The number of alkyl halides is 1. The van der Waals surface area contributed by atoms with Crippen LogP contribution in [0.25, 0.3) is 10.8 Å². The normalized spacial score (nSPS) is 12.8. The maximum atomic E-state index is 14.1. The predicted molar refractivity (Wildman–Crippen MR) is 224 cm³/mol. The Bertz CT molecular complexity index is 1980. The van der Waals surface area contributed by atoms with Crippen molar-refractivity contribution in [2.45, 2.75) is 61.5 Å². The molecule has 0 aliphatic rings. The molecule has 0 unspecified atom stereocenters. The van der Waals surface area contributed by atoms with E-state index in [1.54, 1.807) is 48.5 Å². The van der Waals surface area contributed by atoms with Gasteiger partial charge in [-0.15, -0.1) is 0 Å². The number of amides is 4. The molecule has 19 heteroatoms. The lowest BCUT2D eigenvalue weighted by Crippen LogP contribution is -2.55. The number of guanidine groups is 1. The van der Waals surface area contributed by atoms with Crippen molar-refractivity contribution in [3.05, 3.63) is 72.3 Å². The minimum absolute atomic E-state index is 0.0178. The number of Topliss-reactive ketones (excluding diaryl/α,β-unsaturated/α-hetero) is 1. The van der Waals surface area contributed by atoms with Gasteiger partial charge in [-0.1, -0.05) is 70.5 Å². The highest BCUT2D eigenvalue weighted by Crippen LogP contribution is 2.30. The first-order valence-electron chi connectivity index (χ1n) is 18.4. The fourth-order valence-corrected chi connectivity index (χ4v) is 7.49. The maximum Gasteiger partial charge on any atom is 0.243 e. The molecule has 3 aromatic rings. The van der Waals surface area contributed by atoms with Crippen molar-refractivity contribution in [1.82, 2.24) is 26.0 Å². The number of rotatable bonds is 24. The highest BCUT2D eigenvalue weighted by atomic mass is 79.9. The molecule has 0 saturated heterocycles. The first kappa shape index (κ1) is 46.3. The third-order valence-electron chi connectivity index (χ3n) is 8.74. The van der Waals surface area contributed by atoms with E-state index in [2.05, 4.69) is 46.9 Å². The molecule has 0 saturated carbocycles. The number of unbranched alkanes of at least 4 members (excludes halogenated alkanes) is 1. The molecule has 0 fully saturated rings. The fourth-order valence-electron chi connectivity index (χ4n) is 5.88. The molecule has 11 N–H and O–H groups in total. The zero-order chi connectivity index (χ0) is 42.0. The van der Waals surface area contributed by atoms with E-state index in [1.807, 2.05) is 31.1 Å². The third kappa shape index (κ3) is 15.1. The van der Waals surface area contributed by atoms with E-state index in [9.17, 15) is 32.4 Å². The number of nitrogens with two attached hydrogens (primary N) is 3. The molecule has 17 nitrogen and oxygen atoms in total. The lowest BCUT2D eigenvalue weighted by molar-refractivity contribution is -0.132. The van der Waals surface area contributed by atoms with Crippen molar-refractivity contribution >= 4 is 77.8 Å². The van der Waals surface area contributed by atoms with Crippen LogP contribution in [-0.4, -0.2) is 108 Å². The van der Waals surface area contributed by atoms with Gasteiger partial charge in [0, 0.05) is 37.1 Å². The zero-order valence-electron chi connectivity index (χ0n) is 32.1. The summed E-state index contributed by atoms with van der Waals surface area (Å²) in [5.74, 6) is -3.22. The van der Waals surface area contributed by atoms with Crippen molar-refractivity contribution in [2.75, 3.05) is 50.5 Å². The van der Waals surface area contributed by atoms with Crippen LogP contribution in [-0.2, 0) is 40.4 Å². The van der Waals surface area contributed by atoms with E-state index in [1.165, 1.54) is 6.07 Å². The number of carbonyl (C=O) groups excluding carboxylic acids is 5. The van der Waals surface area contributed by atoms with E-state index in [0.717, 1.165) is 5.69 Å². The molecule has 0 aliphatic heterocycles. The lowest BCUT2D eigenvalue weighted by Gasteiger charge is -2.24. The Kier molecular flexibility index (Phi) is 18.8. The Morgan fingerprint density at radius 3 is 2.04 bits per heavy atom. The molecular weight excluding hydrogens is 820 g/mol. The molecule has 4 amide bonds. The van der Waals surface area contributed by atoms with E-state index in [4.69, 9.17) is 17.2 Å². The van der Waals surface area contributed by atoms with E-state index < -0.39 is 58.3 Å². The molecule has 3 atom stereocenters. The van der Waals surface area contributed by atoms with Crippen molar-refractivity contribution in [3.63, 3.8) is 0 Å². The Balaban J connectivity index is 1.81. The van der Waals surface area contributed by atoms with E-state index in [0.29, 0.717) is 42.1 Å². The fraction of sp³-hybridized carbons (Fsp3) is 0.421. The lowest BCUT2D eigenvalue weighted by atomic mass is 10.0. The van der Waals surface area contributed by atoms with Gasteiger partial charge in [0.05, 0.1) is 23.3 Å². The van der Waals surface area contributed by atoms with Crippen molar-refractivity contribution in [1.29, 1.82) is 0 Å². The summed E-state index contributed by atoms with van der Waals surface area (Å²) in [5.41, 5.74) is 17.9. The largest absolute Gasteiger partial charge is 0.377 e. The summed E-state index contributed by atoms with van der Waals surface area (Å²) in [6.07, 6.45) is 1.50. The molecule has 0 aliphatic carbocycles. The van der Waals surface area contributed by atoms with Crippen LogP contribution in [0.5, 0.6) is 0 Å². The minimum atomic E-state index is -4.31. The van der Waals surface area contributed by atoms with Gasteiger partial charge in [0.15, 0.2) is 11.7 Å². The van der Waals surface area contributed by atoms with Crippen molar-refractivity contribution < 1.29 is 32.4 Å². The number of anilines is 1. The molecule has 310 valence electrons. The van der Waals surface area contributed by atoms with E-state index >= 15 is 0 Å². The van der Waals surface area contributed by atoms with Crippen molar-refractivity contribution in [2.24, 2.45) is 22.2 Å². The molecule has 0 radical (unpaired) electrons. The molecule has 3 aromatic carbocycles. The molecule has 0 heterocycles. The second-order valence-electron chi connectivity index (χ2n) is 13.4. The summed E-state index contributed by atoms with van der Waals surface area (Å²) in [7, 11) is -0.597. The maximum absolute atomic E-state index is 14.1. The summed E-state index contributed by atoms with van der Waals surface area (Å²) in [6, 6.07) is 15.5. The number of halogens is 1. The number of hydrogen-bond donors (Lipinski definition) is 8. The van der Waals surface area contributed by atoms with Crippen LogP contribution in [0.3, 0.4) is 0 Å². The van der Waals surface area contributed by atoms with Gasteiger partial charge in [0.1, 0.15) is 18.1 Å². The number of fused-ring (bicyclic) bond motifs is 1. The molecule has 0 aromatic heterocycles. The number of nitrogens with zero attached hydrogens (tertiary/aromatic N) is 2. The molecule has 57 heavy (non-hydrogen) atoms. The quantitative estimate of drug-likeness (QED) is 0.0260. The summed E-state index contributed by atoms with van der Waals surface area (Å²) in [4.78, 5) is 71.0. The summed E-state index contributed by atoms with van der Waals surface area (Å²) in [5, 5.41) is 11.5. The average molecular weight is 874 g/mol. The SMILES string of the molecule is CN(C)c1cccc2c(S(=O)(=O)N[C@@H](Cc3ccccc3)C(=O)N[C@@H](CCCCN)C(=O)NCC(=O)N[C@@H](CCCN=C(N)N)C(=O)NCC(=O)CBr)cccc12. The van der Waals surface area contributed by atoms with Crippen LogP contribution in [0.15, 0.2) is 76.6 Å². The highest BCUT2D eigenvalue weighted by Gasteiger charge is 2.31. The van der Waals surface area contributed by atoms with Crippen LogP contribution in [0.1, 0.15) is 37.7 Å². The number of benzene rings is 3. The average Bonchev–Trinajstić information content (AvgIpc) is 3.18. The second-order valence-corrected chi connectivity index (χ2v) is 15.7. The number of nitrogens with one attached hydrogen (secondary N) is 5. The molecule has 0 spiro atoms. The van der Waals surface area contributed by atoms with Crippen molar-refractivity contribution in [3.8, 4) is 0 Å². The van der Waals surface area contributed by atoms with Gasteiger partial charge in [-0.2, -0.15) is 4.72 Å². The molecule has 3 rings (SSSR count). The van der Waals surface area contributed by atoms with Gasteiger partial charge < -0.3 is 43.4 Å². The number of aliphatic imine (C=N–C) groups is 1. The summed E-state index contributed by atoms with van der Waals surface area (Å²) in [6.45, 7) is -0.304. The Morgan fingerprint density at radius 2 is 1.39 bits per heavy atom. The van der Waals surface area contributed by atoms with Crippen LogP contribution in [0, 0.1) is 0 Å². The second kappa shape index (κ2) is 23.2. The van der Waals surface area contributed by atoms with Gasteiger partial charge in [-0.25, -0.2) is 8.42 Å². The summed E-state index contributed by atoms with van der Waals surface area (Å²) < 4.78 is 30.7. The monoisotopic (exact) mass is 872 g/mol. The van der Waals surface area contributed by atoms with Crippen LogP contribution in [0.2, 0.25) is 0 Å².